The van der Waals surface area contributed by atoms with E-state index < -0.39 is 44.1 Å². The van der Waals surface area contributed by atoms with Crippen LogP contribution in [-0.2, 0) is 21.1 Å². The Balaban J connectivity index is 0.00000385. The third-order valence-electron chi connectivity index (χ3n) is 4.25. The van der Waals surface area contributed by atoms with Gasteiger partial charge in [0, 0.05) is 48.2 Å². The summed E-state index contributed by atoms with van der Waals surface area (Å²) in [6.45, 7) is 1.14. The van der Waals surface area contributed by atoms with E-state index in [-0.39, 0.29) is 57.4 Å². The Hall–Kier alpha value is -2.71. The molecule has 3 aromatic carbocycles. The fourth-order valence-corrected chi connectivity index (χ4v) is 3.44. The Morgan fingerprint density at radius 1 is 1.09 bits per heavy atom. The molecule has 0 aliphatic rings. The number of fused-ring (bicyclic) bond motifs is 1. The first-order valence-corrected chi connectivity index (χ1v) is 10.1. The number of phenolic OH excluding ortho intramolecular Hbond substituents is 1. The van der Waals surface area contributed by atoms with E-state index in [1.807, 2.05) is 0 Å². The molecule has 14 heteroatoms. The summed E-state index contributed by atoms with van der Waals surface area (Å²) in [5, 5.41) is 19.9. The summed E-state index contributed by atoms with van der Waals surface area (Å²) < 4.78 is 72.4. The number of phenols is 1. The summed E-state index contributed by atoms with van der Waals surface area (Å²) in [5.41, 5.74) is 3.72. The van der Waals surface area contributed by atoms with Crippen LogP contribution in [0.4, 0.5) is 35.9 Å². The summed E-state index contributed by atoms with van der Waals surface area (Å²) in [6, 6.07) is 7.29. The number of nitrogens with zero attached hydrogens (tertiary/aromatic N) is 2. The number of hydrogen-bond acceptors (Lipinski definition) is 7. The van der Waals surface area contributed by atoms with Gasteiger partial charge in [-0.2, -0.15) is 21.6 Å². The van der Waals surface area contributed by atoms with E-state index in [0.29, 0.717) is 6.07 Å². The molecule has 0 aromatic heterocycles. The standard InChI is InChI=1S/C19H15F3N4O5S.Na/c1-9(27)24-11-3-5-15(13(7-11)19(20,21)22)25-26-18-14(23)4-2-10-6-12(32(29,30)31)8-16(28)17(10)18;/h2-8,28H,23H2,1H3,(H,24,27)(H,29,30,31);. The molecule has 3 rings (SSSR count). The summed E-state index contributed by atoms with van der Waals surface area (Å²) >= 11 is 0. The van der Waals surface area contributed by atoms with Crippen LogP contribution in [0.5, 0.6) is 5.75 Å². The van der Waals surface area contributed by atoms with Crippen molar-refractivity contribution in [2.45, 2.75) is 18.0 Å². The monoisotopic (exact) mass is 491 g/mol. The van der Waals surface area contributed by atoms with Crippen molar-refractivity contribution in [1.29, 1.82) is 0 Å². The summed E-state index contributed by atoms with van der Waals surface area (Å²) in [7, 11) is -4.63. The Bertz CT molecular complexity index is 1380. The molecule has 0 bridgehead atoms. The first-order chi connectivity index (χ1) is 14.8. The van der Waals surface area contributed by atoms with E-state index in [9.17, 15) is 36.0 Å². The van der Waals surface area contributed by atoms with Gasteiger partial charge in [0.2, 0.25) is 5.91 Å². The predicted octanol–water partition coefficient (Wildman–Crippen LogP) is 4.39. The van der Waals surface area contributed by atoms with Crippen LogP contribution in [0, 0.1) is 0 Å². The average molecular weight is 491 g/mol. The first-order valence-electron chi connectivity index (χ1n) is 8.70. The van der Waals surface area contributed by atoms with E-state index in [1.54, 1.807) is 0 Å². The second kappa shape index (κ2) is 9.65. The molecule has 0 aliphatic carbocycles. The Morgan fingerprint density at radius 3 is 2.33 bits per heavy atom. The number of azo groups is 1. The number of carbonyl (C=O) groups is 1. The number of benzene rings is 3. The molecule has 0 aliphatic heterocycles. The van der Waals surface area contributed by atoms with Crippen LogP contribution in [0.15, 0.2) is 57.6 Å². The number of halogens is 3. The quantitative estimate of drug-likeness (QED) is 0.184. The minimum absolute atomic E-state index is 0. The van der Waals surface area contributed by atoms with Crippen LogP contribution < -0.4 is 11.1 Å². The second-order valence-corrected chi connectivity index (χ2v) is 8.05. The molecule has 1 amide bonds. The number of alkyl halides is 3. The summed E-state index contributed by atoms with van der Waals surface area (Å²) in [6.07, 6.45) is -4.82. The van der Waals surface area contributed by atoms with Gasteiger partial charge >= 0.3 is 6.18 Å². The van der Waals surface area contributed by atoms with Crippen molar-refractivity contribution in [1.82, 2.24) is 0 Å². The van der Waals surface area contributed by atoms with Crippen LogP contribution in [0.3, 0.4) is 0 Å². The molecule has 0 saturated heterocycles. The van der Waals surface area contributed by atoms with Crippen LogP contribution >= 0.6 is 0 Å². The van der Waals surface area contributed by atoms with Crippen molar-refractivity contribution in [2.24, 2.45) is 10.2 Å². The average Bonchev–Trinajstić information content (AvgIpc) is 2.66. The molecular formula is C19H15F3N4NaO5S. The van der Waals surface area contributed by atoms with E-state index >= 15 is 0 Å². The number of hydrogen-bond donors (Lipinski definition) is 4. The first kappa shape index (κ1) is 26.5. The largest absolute Gasteiger partial charge is 0.507 e. The van der Waals surface area contributed by atoms with Gasteiger partial charge in [0.05, 0.1) is 27.2 Å². The maximum atomic E-state index is 13.5. The topological polar surface area (TPSA) is 154 Å². The number of amides is 1. The number of carbonyl (C=O) groups excluding carboxylic acids is 1. The van der Waals surface area contributed by atoms with E-state index in [0.717, 1.165) is 25.1 Å². The van der Waals surface area contributed by atoms with Crippen molar-refractivity contribution < 1.29 is 36.0 Å². The summed E-state index contributed by atoms with van der Waals surface area (Å²) in [4.78, 5) is 10.5. The number of aromatic hydroxyl groups is 1. The van der Waals surface area contributed by atoms with E-state index in [2.05, 4.69) is 15.5 Å². The molecule has 0 atom stereocenters. The summed E-state index contributed by atoms with van der Waals surface area (Å²) in [5.74, 6) is -1.19. The number of nitrogens with two attached hydrogens (primary N) is 1. The minimum Gasteiger partial charge on any atom is -0.507 e. The number of nitrogens with one attached hydrogen (secondary N) is 1. The molecule has 3 aromatic rings. The molecule has 0 fully saturated rings. The molecule has 0 saturated carbocycles. The van der Waals surface area contributed by atoms with Crippen molar-refractivity contribution in [2.75, 3.05) is 11.1 Å². The van der Waals surface area contributed by atoms with Gasteiger partial charge in [-0.3, -0.25) is 9.35 Å². The molecule has 5 N–H and O–H groups in total. The van der Waals surface area contributed by atoms with Crippen LogP contribution in [0.2, 0.25) is 0 Å². The van der Waals surface area contributed by atoms with Gasteiger partial charge < -0.3 is 16.2 Å². The SMILES string of the molecule is CC(=O)Nc1ccc(N=Nc2c(N)ccc3cc(S(=O)(=O)O)cc(O)c23)c(C(F)(F)F)c1.[Na]. The number of anilines is 2. The Kier molecular flexibility index (Phi) is 7.76. The second-order valence-electron chi connectivity index (χ2n) is 6.63. The minimum atomic E-state index is -4.82. The zero-order chi connectivity index (χ0) is 23.8. The number of rotatable bonds is 4. The molecule has 169 valence electrons. The van der Waals surface area contributed by atoms with Crippen LogP contribution in [0.1, 0.15) is 12.5 Å². The Labute approximate surface area is 207 Å². The maximum Gasteiger partial charge on any atom is 0.418 e. The molecular weight excluding hydrogens is 476 g/mol. The van der Waals surface area contributed by atoms with Gasteiger partial charge in [-0.15, -0.1) is 10.2 Å². The molecule has 0 heterocycles. The van der Waals surface area contributed by atoms with Crippen LogP contribution in [0.25, 0.3) is 10.8 Å². The third-order valence-corrected chi connectivity index (χ3v) is 5.08. The molecule has 1 radical (unpaired) electrons. The van der Waals surface area contributed by atoms with Gasteiger partial charge in [-0.05, 0) is 35.7 Å². The van der Waals surface area contributed by atoms with Gasteiger partial charge in [0.15, 0.2) is 0 Å². The molecule has 0 unspecified atom stereocenters. The zero-order valence-electron chi connectivity index (χ0n) is 17.2. The van der Waals surface area contributed by atoms with Crippen molar-refractivity contribution in [3.05, 3.63) is 48.0 Å². The smallest absolute Gasteiger partial charge is 0.418 e. The van der Waals surface area contributed by atoms with E-state index in [1.165, 1.54) is 18.2 Å². The maximum absolute atomic E-state index is 13.5. The predicted molar refractivity (Wildman–Crippen MR) is 116 cm³/mol. The Morgan fingerprint density at radius 2 is 1.76 bits per heavy atom. The van der Waals surface area contributed by atoms with Gasteiger partial charge in [0.25, 0.3) is 10.1 Å². The molecule has 0 spiro atoms. The fraction of sp³-hybridized carbons (Fsp3) is 0.105. The van der Waals surface area contributed by atoms with Crippen molar-refractivity contribution >= 4 is 79.1 Å². The van der Waals surface area contributed by atoms with Gasteiger partial charge in [-0.25, -0.2) is 0 Å². The zero-order valence-corrected chi connectivity index (χ0v) is 20.0. The fourth-order valence-electron chi connectivity index (χ4n) is 2.91. The van der Waals surface area contributed by atoms with Crippen LogP contribution in [-0.4, -0.2) is 53.5 Å². The molecule has 9 nitrogen and oxygen atoms in total. The van der Waals surface area contributed by atoms with Crippen molar-refractivity contribution in [3.63, 3.8) is 0 Å². The normalized spacial score (nSPS) is 12.0. The van der Waals surface area contributed by atoms with E-state index in [4.69, 9.17) is 5.73 Å². The third kappa shape index (κ3) is 6.00. The van der Waals surface area contributed by atoms with Gasteiger partial charge in [0.1, 0.15) is 11.4 Å². The van der Waals surface area contributed by atoms with Gasteiger partial charge in [-0.1, -0.05) is 6.07 Å². The number of nitrogen functional groups attached to an aromatic ring is 1. The molecule has 33 heavy (non-hydrogen) atoms. The van der Waals surface area contributed by atoms with Crippen molar-refractivity contribution in [3.8, 4) is 5.75 Å².